The zero-order valence-electron chi connectivity index (χ0n) is 10.00. The van der Waals surface area contributed by atoms with Crippen LogP contribution < -0.4 is 0 Å². The van der Waals surface area contributed by atoms with Crippen LogP contribution in [-0.2, 0) is 6.42 Å². The SMILES string of the molecule is CC(C)C1CCCCCc2ccccc21. The molecule has 15 heavy (non-hydrogen) atoms. The highest BCUT2D eigenvalue weighted by Gasteiger charge is 2.19. The number of aryl methyl sites for hydroxylation is 1. The van der Waals surface area contributed by atoms with Crippen LogP contribution in [0, 0.1) is 5.92 Å². The molecule has 1 aromatic carbocycles. The molecule has 0 saturated heterocycles. The molecule has 0 amide bonds. The molecule has 0 aliphatic heterocycles. The normalized spacial score (nSPS) is 21.9. The molecule has 0 N–H and O–H groups in total. The van der Waals surface area contributed by atoms with E-state index in [1.807, 2.05) is 0 Å². The fourth-order valence-electron chi connectivity index (χ4n) is 2.83. The molecule has 0 aromatic heterocycles. The molecule has 1 aromatic rings. The first-order chi connectivity index (χ1) is 7.29. The van der Waals surface area contributed by atoms with Gasteiger partial charge in [-0.25, -0.2) is 0 Å². The highest BCUT2D eigenvalue weighted by molar-refractivity contribution is 5.31. The first kappa shape index (κ1) is 10.7. The van der Waals surface area contributed by atoms with E-state index in [2.05, 4.69) is 38.1 Å². The minimum Gasteiger partial charge on any atom is -0.0622 e. The zero-order chi connectivity index (χ0) is 10.7. The van der Waals surface area contributed by atoms with Crippen LogP contribution in [-0.4, -0.2) is 0 Å². The molecule has 1 unspecified atom stereocenters. The van der Waals surface area contributed by atoms with Crippen molar-refractivity contribution in [2.45, 2.75) is 51.9 Å². The molecule has 0 heteroatoms. The molecule has 1 atom stereocenters. The van der Waals surface area contributed by atoms with Crippen LogP contribution in [0.5, 0.6) is 0 Å². The maximum absolute atomic E-state index is 2.36. The molecule has 0 heterocycles. The van der Waals surface area contributed by atoms with Gasteiger partial charge in [0.1, 0.15) is 0 Å². The Morgan fingerprint density at radius 2 is 1.87 bits per heavy atom. The van der Waals surface area contributed by atoms with Crippen molar-refractivity contribution in [3.8, 4) is 0 Å². The monoisotopic (exact) mass is 202 g/mol. The van der Waals surface area contributed by atoms with Gasteiger partial charge in [-0.15, -0.1) is 0 Å². The van der Waals surface area contributed by atoms with Gasteiger partial charge < -0.3 is 0 Å². The predicted molar refractivity (Wildman–Crippen MR) is 66.2 cm³/mol. The molecule has 0 saturated carbocycles. The molecule has 1 aliphatic rings. The molecule has 1 aliphatic carbocycles. The van der Waals surface area contributed by atoms with Crippen LogP contribution in [0.2, 0.25) is 0 Å². The molecule has 2 rings (SSSR count). The van der Waals surface area contributed by atoms with Gasteiger partial charge in [0.15, 0.2) is 0 Å². The van der Waals surface area contributed by atoms with E-state index in [-0.39, 0.29) is 0 Å². The first-order valence-electron chi connectivity index (χ1n) is 6.37. The quantitative estimate of drug-likeness (QED) is 0.627. The Hall–Kier alpha value is -0.780. The van der Waals surface area contributed by atoms with Gasteiger partial charge in [0, 0.05) is 0 Å². The van der Waals surface area contributed by atoms with Crippen molar-refractivity contribution in [2.24, 2.45) is 5.92 Å². The van der Waals surface area contributed by atoms with Crippen molar-refractivity contribution in [3.63, 3.8) is 0 Å². The van der Waals surface area contributed by atoms with E-state index in [0.29, 0.717) is 0 Å². The van der Waals surface area contributed by atoms with Gasteiger partial charge >= 0.3 is 0 Å². The number of fused-ring (bicyclic) bond motifs is 1. The van der Waals surface area contributed by atoms with Crippen LogP contribution in [0.4, 0.5) is 0 Å². The smallest absolute Gasteiger partial charge is 0.0136 e. The van der Waals surface area contributed by atoms with Crippen LogP contribution in [0.15, 0.2) is 24.3 Å². The Morgan fingerprint density at radius 3 is 2.67 bits per heavy atom. The third-order valence-corrected chi connectivity index (χ3v) is 3.72. The van der Waals surface area contributed by atoms with Crippen LogP contribution in [0.1, 0.15) is 56.6 Å². The lowest BCUT2D eigenvalue weighted by Crippen LogP contribution is -2.11. The van der Waals surface area contributed by atoms with E-state index in [1.54, 1.807) is 11.1 Å². The standard InChI is InChI=1S/C15H22/c1-12(2)14-10-5-3-4-8-13-9-6-7-11-15(13)14/h6-7,9,11-12,14H,3-5,8,10H2,1-2H3. The van der Waals surface area contributed by atoms with Crippen LogP contribution in [0.3, 0.4) is 0 Å². The third-order valence-electron chi connectivity index (χ3n) is 3.72. The molecule has 82 valence electrons. The second-order valence-electron chi connectivity index (χ2n) is 5.15. The summed E-state index contributed by atoms with van der Waals surface area (Å²) in [4.78, 5) is 0. The molecular weight excluding hydrogens is 180 g/mol. The van der Waals surface area contributed by atoms with E-state index in [1.165, 1.54) is 32.1 Å². The third kappa shape index (κ3) is 2.42. The maximum Gasteiger partial charge on any atom is -0.0136 e. The fourth-order valence-corrected chi connectivity index (χ4v) is 2.83. The van der Waals surface area contributed by atoms with Gasteiger partial charge in [0.05, 0.1) is 0 Å². The Morgan fingerprint density at radius 1 is 1.07 bits per heavy atom. The van der Waals surface area contributed by atoms with Gasteiger partial charge in [-0.3, -0.25) is 0 Å². The number of rotatable bonds is 1. The van der Waals surface area contributed by atoms with E-state index < -0.39 is 0 Å². The summed E-state index contributed by atoms with van der Waals surface area (Å²) in [6.07, 6.45) is 6.88. The van der Waals surface area contributed by atoms with Crippen molar-refractivity contribution in [1.29, 1.82) is 0 Å². The summed E-state index contributed by atoms with van der Waals surface area (Å²) in [5.74, 6) is 1.57. The Balaban J connectivity index is 2.34. The van der Waals surface area contributed by atoms with Crippen LogP contribution in [0.25, 0.3) is 0 Å². The number of benzene rings is 1. The van der Waals surface area contributed by atoms with Gasteiger partial charge in [-0.1, -0.05) is 51.0 Å². The highest BCUT2D eigenvalue weighted by atomic mass is 14.2. The summed E-state index contributed by atoms with van der Waals surface area (Å²) < 4.78 is 0. The second kappa shape index (κ2) is 4.83. The lowest BCUT2D eigenvalue weighted by Gasteiger charge is -2.26. The lowest BCUT2D eigenvalue weighted by molar-refractivity contribution is 0.432. The van der Waals surface area contributed by atoms with E-state index in [4.69, 9.17) is 0 Å². The molecular formula is C15H22. The average Bonchev–Trinajstić information content (AvgIpc) is 2.18. The summed E-state index contributed by atoms with van der Waals surface area (Å²) in [5.41, 5.74) is 3.24. The largest absolute Gasteiger partial charge is 0.0622 e. The fraction of sp³-hybridized carbons (Fsp3) is 0.600. The molecule has 0 fully saturated rings. The topological polar surface area (TPSA) is 0 Å². The molecule has 0 spiro atoms. The van der Waals surface area contributed by atoms with E-state index in [9.17, 15) is 0 Å². The van der Waals surface area contributed by atoms with Gasteiger partial charge in [-0.05, 0) is 42.2 Å². The van der Waals surface area contributed by atoms with Crippen molar-refractivity contribution >= 4 is 0 Å². The van der Waals surface area contributed by atoms with Crippen molar-refractivity contribution < 1.29 is 0 Å². The Kier molecular flexibility index (Phi) is 3.45. The van der Waals surface area contributed by atoms with E-state index >= 15 is 0 Å². The summed E-state index contributed by atoms with van der Waals surface area (Å²) in [6.45, 7) is 4.73. The Bertz CT molecular complexity index is 312. The summed E-state index contributed by atoms with van der Waals surface area (Å²) >= 11 is 0. The summed E-state index contributed by atoms with van der Waals surface area (Å²) in [7, 11) is 0. The number of hydrogen-bond donors (Lipinski definition) is 0. The van der Waals surface area contributed by atoms with Gasteiger partial charge in [0.25, 0.3) is 0 Å². The molecule has 0 radical (unpaired) electrons. The van der Waals surface area contributed by atoms with Crippen molar-refractivity contribution in [3.05, 3.63) is 35.4 Å². The molecule has 0 bridgehead atoms. The minimum absolute atomic E-state index is 0.782. The number of hydrogen-bond acceptors (Lipinski definition) is 0. The lowest BCUT2D eigenvalue weighted by atomic mass is 9.79. The first-order valence-corrected chi connectivity index (χ1v) is 6.37. The second-order valence-corrected chi connectivity index (χ2v) is 5.15. The summed E-state index contributed by atoms with van der Waals surface area (Å²) in [6, 6.07) is 9.08. The average molecular weight is 202 g/mol. The van der Waals surface area contributed by atoms with Gasteiger partial charge in [0.2, 0.25) is 0 Å². The maximum atomic E-state index is 2.36. The van der Waals surface area contributed by atoms with Crippen molar-refractivity contribution in [2.75, 3.05) is 0 Å². The zero-order valence-corrected chi connectivity index (χ0v) is 10.00. The Labute approximate surface area is 93.7 Å². The van der Waals surface area contributed by atoms with Crippen molar-refractivity contribution in [1.82, 2.24) is 0 Å². The molecule has 0 nitrogen and oxygen atoms in total. The predicted octanol–water partition coefficient (Wildman–Crippen LogP) is 4.54. The van der Waals surface area contributed by atoms with E-state index in [0.717, 1.165) is 11.8 Å². The van der Waals surface area contributed by atoms with Crippen LogP contribution >= 0.6 is 0 Å². The minimum atomic E-state index is 0.782. The van der Waals surface area contributed by atoms with Gasteiger partial charge in [-0.2, -0.15) is 0 Å². The summed E-state index contributed by atoms with van der Waals surface area (Å²) in [5, 5.41) is 0. The highest BCUT2D eigenvalue weighted by Crippen LogP contribution is 2.34.